The van der Waals surface area contributed by atoms with Crippen LogP contribution in [0.3, 0.4) is 0 Å². The summed E-state index contributed by atoms with van der Waals surface area (Å²) in [7, 11) is 0. The average molecular weight is 352 g/mol. The van der Waals surface area contributed by atoms with Crippen molar-refractivity contribution in [2.45, 2.75) is 18.4 Å². The van der Waals surface area contributed by atoms with E-state index in [1.54, 1.807) is 0 Å². The Labute approximate surface area is 151 Å². The normalized spacial score (nSPS) is 21.0. The summed E-state index contributed by atoms with van der Waals surface area (Å²) in [6, 6.07) is 15.2. The molecular formula is C20H20N2O4. The first-order valence-electron chi connectivity index (χ1n) is 8.66. The number of benzene rings is 2. The summed E-state index contributed by atoms with van der Waals surface area (Å²) in [5.41, 5.74) is 1.81. The molecule has 0 bridgehead atoms. The molecule has 0 aliphatic carbocycles. The Hall–Kier alpha value is -2.86. The fraction of sp³-hybridized carbons (Fsp3) is 0.300. The van der Waals surface area contributed by atoms with E-state index >= 15 is 0 Å². The molecule has 1 spiro atoms. The van der Waals surface area contributed by atoms with Crippen molar-refractivity contribution in [2.75, 3.05) is 25.1 Å². The number of hydrogen-bond acceptors (Lipinski definition) is 5. The lowest BCUT2D eigenvalue weighted by molar-refractivity contribution is -0.121. The second kappa shape index (κ2) is 6.80. The van der Waals surface area contributed by atoms with E-state index in [1.807, 2.05) is 48.5 Å². The number of carbonyl (C=O) groups excluding carboxylic acids is 1. The van der Waals surface area contributed by atoms with Gasteiger partial charge in [0.25, 0.3) is 5.91 Å². The average Bonchev–Trinajstić information content (AvgIpc) is 3.08. The van der Waals surface area contributed by atoms with E-state index in [2.05, 4.69) is 10.3 Å². The molecule has 0 saturated heterocycles. The van der Waals surface area contributed by atoms with Gasteiger partial charge in [-0.3, -0.25) is 4.79 Å². The van der Waals surface area contributed by atoms with Crippen LogP contribution in [0.2, 0.25) is 0 Å². The van der Waals surface area contributed by atoms with Crippen molar-refractivity contribution in [2.24, 2.45) is 4.99 Å². The molecule has 1 amide bonds. The van der Waals surface area contributed by atoms with E-state index in [4.69, 9.17) is 14.6 Å². The minimum absolute atomic E-state index is 0.107. The first-order chi connectivity index (χ1) is 12.7. The third kappa shape index (κ3) is 3.04. The zero-order valence-electron chi connectivity index (χ0n) is 14.3. The van der Waals surface area contributed by atoms with Crippen LogP contribution >= 0.6 is 0 Å². The summed E-state index contributed by atoms with van der Waals surface area (Å²) in [6.07, 6.45) is 1.12. The first-order valence-corrected chi connectivity index (χ1v) is 8.66. The minimum Gasteiger partial charge on any atom is -0.494 e. The molecule has 0 fully saturated rings. The molecule has 2 aliphatic rings. The van der Waals surface area contributed by atoms with E-state index in [0.717, 1.165) is 22.6 Å². The number of carbonyl (C=O) groups is 1. The quantitative estimate of drug-likeness (QED) is 0.808. The van der Waals surface area contributed by atoms with Gasteiger partial charge in [-0.25, -0.2) is 4.99 Å². The van der Waals surface area contributed by atoms with Gasteiger partial charge in [0.2, 0.25) is 5.90 Å². The van der Waals surface area contributed by atoms with Crippen molar-refractivity contribution < 1.29 is 19.4 Å². The zero-order chi connectivity index (χ0) is 18.0. The maximum atomic E-state index is 12.6. The van der Waals surface area contributed by atoms with Crippen molar-refractivity contribution in [1.82, 2.24) is 0 Å². The third-order valence-corrected chi connectivity index (χ3v) is 4.61. The molecule has 2 aliphatic heterocycles. The van der Waals surface area contributed by atoms with Crippen molar-refractivity contribution in [3.63, 3.8) is 0 Å². The molecule has 0 radical (unpaired) electrons. The second-order valence-corrected chi connectivity index (χ2v) is 6.48. The van der Waals surface area contributed by atoms with Crippen LogP contribution in [0.15, 0.2) is 53.5 Å². The van der Waals surface area contributed by atoms with Gasteiger partial charge in [-0.1, -0.05) is 18.2 Å². The van der Waals surface area contributed by atoms with Crippen LogP contribution in [0.5, 0.6) is 5.75 Å². The fourth-order valence-corrected chi connectivity index (χ4v) is 3.18. The molecule has 6 nitrogen and oxygen atoms in total. The van der Waals surface area contributed by atoms with Gasteiger partial charge in [-0.05, 0) is 35.9 Å². The molecule has 26 heavy (non-hydrogen) atoms. The highest BCUT2D eigenvalue weighted by atomic mass is 16.5. The molecule has 2 heterocycles. The van der Waals surface area contributed by atoms with E-state index in [9.17, 15) is 4.79 Å². The Balaban J connectivity index is 1.53. The lowest BCUT2D eigenvalue weighted by Crippen LogP contribution is -2.47. The van der Waals surface area contributed by atoms with E-state index in [1.165, 1.54) is 0 Å². The summed E-state index contributed by atoms with van der Waals surface area (Å²) < 4.78 is 11.3. The number of nitrogens with zero attached hydrogens (tertiary/aromatic N) is 1. The number of rotatable bonds is 5. The van der Waals surface area contributed by atoms with Crippen LogP contribution in [0.1, 0.15) is 17.5 Å². The molecular weight excluding hydrogens is 332 g/mol. The second-order valence-electron chi connectivity index (χ2n) is 6.48. The molecule has 2 aromatic rings. The van der Waals surface area contributed by atoms with Gasteiger partial charge in [-0.2, -0.15) is 0 Å². The Morgan fingerprint density at radius 2 is 2.00 bits per heavy atom. The number of hydrogen-bond donors (Lipinski definition) is 2. The SMILES string of the molecule is O=C1Nc2ccccc2C[C@]12COC(c1ccc(OCCCO)cc1)=N2. The molecule has 0 unspecified atom stereocenters. The summed E-state index contributed by atoms with van der Waals surface area (Å²) in [4.78, 5) is 17.3. The van der Waals surface area contributed by atoms with Gasteiger partial charge in [0.05, 0.1) is 6.61 Å². The molecule has 2 aromatic carbocycles. The number of anilines is 1. The lowest BCUT2D eigenvalue weighted by atomic mass is 9.87. The van der Waals surface area contributed by atoms with E-state index in [-0.39, 0.29) is 19.1 Å². The molecule has 0 saturated carbocycles. The molecule has 1 atom stereocenters. The molecule has 6 heteroatoms. The number of ether oxygens (including phenoxy) is 2. The van der Waals surface area contributed by atoms with Gasteiger partial charge in [0.1, 0.15) is 12.4 Å². The number of aliphatic imine (C=N–C) groups is 1. The number of para-hydroxylation sites is 1. The van der Waals surface area contributed by atoms with Gasteiger partial charge >= 0.3 is 0 Å². The summed E-state index contributed by atoms with van der Waals surface area (Å²) >= 11 is 0. The summed E-state index contributed by atoms with van der Waals surface area (Å²) in [5, 5.41) is 11.7. The van der Waals surface area contributed by atoms with Crippen molar-refractivity contribution in [3.05, 3.63) is 59.7 Å². The number of aliphatic hydroxyl groups excluding tert-OH is 1. The van der Waals surface area contributed by atoms with Gasteiger partial charge in [0.15, 0.2) is 5.54 Å². The smallest absolute Gasteiger partial charge is 0.256 e. The number of nitrogens with one attached hydrogen (secondary N) is 1. The predicted octanol–water partition coefficient (Wildman–Crippen LogP) is 2.16. The molecule has 134 valence electrons. The Morgan fingerprint density at radius 3 is 2.81 bits per heavy atom. The number of aliphatic hydroxyl groups is 1. The lowest BCUT2D eigenvalue weighted by Gasteiger charge is -2.29. The largest absolute Gasteiger partial charge is 0.494 e. The predicted molar refractivity (Wildman–Crippen MR) is 97.6 cm³/mol. The zero-order valence-corrected chi connectivity index (χ0v) is 14.3. The van der Waals surface area contributed by atoms with Crippen molar-refractivity contribution in [1.29, 1.82) is 0 Å². The minimum atomic E-state index is -0.903. The molecule has 4 rings (SSSR count). The Morgan fingerprint density at radius 1 is 1.19 bits per heavy atom. The summed E-state index contributed by atoms with van der Waals surface area (Å²) in [6.45, 7) is 0.809. The molecule has 2 N–H and O–H groups in total. The fourth-order valence-electron chi connectivity index (χ4n) is 3.18. The summed E-state index contributed by atoms with van der Waals surface area (Å²) in [5.74, 6) is 1.07. The highest BCUT2D eigenvalue weighted by Crippen LogP contribution is 2.34. The van der Waals surface area contributed by atoms with E-state index < -0.39 is 5.54 Å². The van der Waals surface area contributed by atoms with Crippen LogP contribution in [0.25, 0.3) is 0 Å². The topological polar surface area (TPSA) is 80.2 Å². The standard InChI is InChI=1S/C20H20N2O4/c23-10-3-11-25-16-8-6-14(7-9-16)18-22-20(13-26-18)12-15-4-1-2-5-17(15)21-19(20)24/h1-2,4-9,23H,3,10-13H2,(H,21,24)/t20-/m0/s1. The van der Waals surface area contributed by atoms with Gasteiger partial charge in [-0.15, -0.1) is 0 Å². The monoisotopic (exact) mass is 352 g/mol. The maximum absolute atomic E-state index is 12.6. The van der Waals surface area contributed by atoms with E-state index in [0.29, 0.717) is 25.3 Å². The maximum Gasteiger partial charge on any atom is 0.256 e. The highest BCUT2D eigenvalue weighted by molar-refractivity contribution is 6.06. The Bertz CT molecular complexity index is 847. The van der Waals surface area contributed by atoms with Gasteiger partial charge < -0.3 is 19.9 Å². The van der Waals surface area contributed by atoms with Crippen LogP contribution in [0, 0.1) is 0 Å². The van der Waals surface area contributed by atoms with Crippen LogP contribution in [0.4, 0.5) is 5.69 Å². The van der Waals surface area contributed by atoms with Crippen LogP contribution < -0.4 is 10.1 Å². The van der Waals surface area contributed by atoms with Gasteiger partial charge in [0, 0.05) is 30.7 Å². The number of amides is 1. The van der Waals surface area contributed by atoms with Crippen LogP contribution in [-0.4, -0.2) is 42.3 Å². The highest BCUT2D eigenvalue weighted by Gasteiger charge is 2.47. The number of fused-ring (bicyclic) bond motifs is 1. The third-order valence-electron chi connectivity index (χ3n) is 4.61. The first kappa shape index (κ1) is 16.6. The van der Waals surface area contributed by atoms with Crippen molar-refractivity contribution >= 4 is 17.5 Å². The van der Waals surface area contributed by atoms with Crippen molar-refractivity contribution in [3.8, 4) is 5.75 Å². The molecule has 0 aromatic heterocycles. The Kier molecular flexibility index (Phi) is 4.34. The van der Waals surface area contributed by atoms with Crippen LogP contribution in [-0.2, 0) is 16.0 Å².